The van der Waals surface area contributed by atoms with Gasteiger partial charge in [-0.3, -0.25) is 4.79 Å². The quantitative estimate of drug-likeness (QED) is 0.224. The van der Waals surface area contributed by atoms with Crippen molar-refractivity contribution in [1.82, 2.24) is 0 Å². The molecule has 0 N–H and O–H groups in total. The molecule has 0 aliphatic carbocycles. The molecule has 0 aromatic heterocycles. The summed E-state index contributed by atoms with van der Waals surface area (Å²) in [5.74, 6) is -0.0191. The minimum atomic E-state index is -0.0191. The van der Waals surface area contributed by atoms with Crippen LogP contribution in [0.25, 0.3) is 0 Å². The van der Waals surface area contributed by atoms with Crippen LogP contribution < -0.4 is 0 Å². The van der Waals surface area contributed by atoms with Crippen molar-refractivity contribution in [3.63, 3.8) is 0 Å². The smallest absolute Gasteiger partial charge is 0.305 e. The number of hydrogen-bond acceptors (Lipinski definition) is 2. The Labute approximate surface area is 131 Å². The number of rotatable bonds is 14. The summed E-state index contributed by atoms with van der Waals surface area (Å²) in [6.07, 6.45) is 20.6. The minimum Gasteiger partial charge on any atom is -0.466 e. The fourth-order valence-electron chi connectivity index (χ4n) is 2.14. The van der Waals surface area contributed by atoms with E-state index in [0.717, 1.165) is 44.9 Å². The molecule has 0 spiro atoms. The molecule has 0 heterocycles. The molecule has 0 aromatic carbocycles. The normalized spacial score (nSPS) is 11.5. The van der Waals surface area contributed by atoms with Gasteiger partial charge < -0.3 is 4.74 Å². The number of esters is 1. The van der Waals surface area contributed by atoms with E-state index in [1.807, 2.05) is 0 Å². The summed E-state index contributed by atoms with van der Waals surface area (Å²) >= 11 is 0. The summed E-state index contributed by atoms with van der Waals surface area (Å²) in [4.78, 5) is 11.5. The average molecular weight is 294 g/mol. The maximum absolute atomic E-state index is 11.5. The second kappa shape index (κ2) is 17.0. The first-order chi connectivity index (χ1) is 10.3. The van der Waals surface area contributed by atoms with Crippen LogP contribution in [0.4, 0.5) is 0 Å². The Morgan fingerprint density at radius 2 is 1.52 bits per heavy atom. The fraction of sp³-hybridized carbons (Fsp3) is 0.737. The number of hydrogen-bond donors (Lipinski definition) is 0. The van der Waals surface area contributed by atoms with Crippen molar-refractivity contribution in [2.75, 3.05) is 6.61 Å². The topological polar surface area (TPSA) is 26.3 Å². The lowest BCUT2D eigenvalue weighted by Crippen LogP contribution is -2.05. The van der Waals surface area contributed by atoms with E-state index in [1.54, 1.807) is 0 Å². The number of ether oxygens (including phenoxy) is 1. The molecule has 0 bridgehead atoms. The zero-order valence-electron chi connectivity index (χ0n) is 14.1. The summed E-state index contributed by atoms with van der Waals surface area (Å²) in [6.45, 7) is 4.80. The van der Waals surface area contributed by atoms with Crippen LogP contribution in [0.2, 0.25) is 0 Å². The number of carbonyl (C=O) groups is 1. The molecule has 21 heavy (non-hydrogen) atoms. The van der Waals surface area contributed by atoms with Gasteiger partial charge in [0, 0.05) is 6.42 Å². The van der Waals surface area contributed by atoms with Crippen LogP contribution in [-0.4, -0.2) is 12.6 Å². The van der Waals surface area contributed by atoms with Gasteiger partial charge in [-0.25, -0.2) is 0 Å². The van der Waals surface area contributed by atoms with Crippen LogP contribution in [-0.2, 0) is 9.53 Å². The third-order valence-corrected chi connectivity index (χ3v) is 3.42. The molecular formula is C19H34O2. The Morgan fingerprint density at radius 3 is 2.24 bits per heavy atom. The van der Waals surface area contributed by atoms with Crippen molar-refractivity contribution < 1.29 is 9.53 Å². The number of carbonyl (C=O) groups excluding carboxylic acids is 1. The lowest BCUT2D eigenvalue weighted by atomic mass is 10.1. The van der Waals surface area contributed by atoms with Crippen molar-refractivity contribution in [3.05, 3.63) is 24.3 Å². The van der Waals surface area contributed by atoms with Crippen LogP contribution in [0.15, 0.2) is 24.3 Å². The van der Waals surface area contributed by atoms with E-state index < -0.39 is 0 Å². The van der Waals surface area contributed by atoms with Gasteiger partial charge in [0.15, 0.2) is 0 Å². The standard InChI is InChI=1S/C19H34O2/c1-3-5-7-9-11-13-15-17-19(20)21-18-16-14-12-10-8-6-4-2/h3,5-6,8H,4,7,9-18H2,1-2H3/b5-3+,8-6-. The van der Waals surface area contributed by atoms with Crippen molar-refractivity contribution in [2.24, 2.45) is 0 Å². The van der Waals surface area contributed by atoms with Gasteiger partial charge in [-0.05, 0) is 58.3 Å². The first-order valence-electron chi connectivity index (χ1n) is 8.73. The van der Waals surface area contributed by atoms with Crippen LogP contribution in [0.3, 0.4) is 0 Å². The lowest BCUT2D eigenvalue weighted by Gasteiger charge is -2.04. The molecule has 0 radical (unpaired) electrons. The second-order valence-corrected chi connectivity index (χ2v) is 5.47. The van der Waals surface area contributed by atoms with Crippen LogP contribution >= 0.6 is 0 Å². The van der Waals surface area contributed by atoms with E-state index in [2.05, 4.69) is 38.2 Å². The molecule has 0 amide bonds. The molecule has 0 aliphatic rings. The van der Waals surface area contributed by atoms with Gasteiger partial charge in [0.05, 0.1) is 6.61 Å². The molecule has 0 atom stereocenters. The van der Waals surface area contributed by atoms with E-state index in [9.17, 15) is 4.79 Å². The number of allylic oxidation sites excluding steroid dienone is 4. The van der Waals surface area contributed by atoms with Gasteiger partial charge >= 0.3 is 5.97 Å². The van der Waals surface area contributed by atoms with E-state index in [1.165, 1.54) is 19.3 Å². The Hall–Kier alpha value is -1.05. The minimum absolute atomic E-state index is 0.0191. The Morgan fingerprint density at radius 1 is 0.857 bits per heavy atom. The predicted octanol–water partition coefficient (Wildman–Crippen LogP) is 5.97. The third-order valence-electron chi connectivity index (χ3n) is 3.42. The molecule has 0 rings (SSSR count). The Bertz CT molecular complexity index is 279. The van der Waals surface area contributed by atoms with Crippen molar-refractivity contribution in [2.45, 2.75) is 84.5 Å². The van der Waals surface area contributed by atoms with Gasteiger partial charge in [0.2, 0.25) is 0 Å². The van der Waals surface area contributed by atoms with E-state index in [4.69, 9.17) is 4.74 Å². The Balaban J connectivity index is 3.21. The van der Waals surface area contributed by atoms with Crippen LogP contribution in [0.1, 0.15) is 84.5 Å². The molecule has 122 valence electrons. The van der Waals surface area contributed by atoms with E-state index in [-0.39, 0.29) is 5.97 Å². The highest BCUT2D eigenvalue weighted by Gasteiger charge is 2.01. The number of unbranched alkanes of at least 4 members (excludes halogenated alkanes) is 7. The van der Waals surface area contributed by atoms with Crippen molar-refractivity contribution >= 4 is 5.97 Å². The molecule has 0 aromatic rings. The largest absolute Gasteiger partial charge is 0.466 e. The maximum Gasteiger partial charge on any atom is 0.305 e. The monoisotopic (exact) mass is 294 g/mol. The zero-order chi connectivity index (χ0) is 15.6. The highest BCUT2D eigenvalue weighted by Crippen LogP contribution is 2.07. The molecule has 0 fully saturated rings. The average Bonchev–Trinajstić information content (AvgIpc) is 2.49. The van der Waals surface area contributed by atoms with Gasteiger partial charge in [-0.2, -0.15) is 0 Å². The van der Waals surface area contributed by atoms with Crippen LogP contribution in [0.5, 0.6) is 0 Å². The summed E-state index contributed by atoms with van der Waals surface area (Å²) in [6, 6.07) is 0. The first kappa shape index (κ1) is 19.9. The van der Waals surface area contributed by atoms with Crippen LogP contribution in [0, 0.1) is 0 Å². The summed E-state index contributed by atoms with van der Waals surface area (Å²) in [5, 5.41) is 0. The highest BCUT2D eigenvalue weighted by atomic mass is 16.5. The first-order valence-corrected chi connectivity index (χ1v) is 8.73. The van der Waals surface area contributed by atoms with E-state index in [0.29, 0.717) is 13.0 Å². The maximum atomic E-state index is 11.5. The predicted molar refractivity (Wildman–Crippen MR) is 91.4 cm³/mol. The van der Waals surface area contributed by atoms with Crippen molar-refractivity contribution in [3.8, 4) is 0 Å². The second-order valence-electron chi connectivity index (χ2n) is 5.47. The third kappa shape index (κ3) is 16.9. The molecule has 0 aliphatic heterocycles. The fourth-order valence-corrected chi connectivity index (χ4v) is 2.14. The molecule has 0 unspecified atom stereocenters. The lowest BCUT2D eigenvalue weighted by molar-refractivity contribution is -0.143. The highest BCUT2D eigenvalue weighted by molar-refractivity contribution is 5.69. The van der Waals surface area contributed by atoms with Gasteiger partial charge in [0.25, 0.3) is 0 Å². The zero-order valence-corrected chi connectivity index (χ0v) is 14.1. The molecule has 2 heteroatoms. The van der Waals surface area contributed by atoms with Gasteiger partial charge in [-0.1, -0.05) is 44.1 Å². The Kier molecular flexibility index (Phi) is 16.2. The molecular weight excluding hydrogens is 260 g/mol. The summed E-state index contributed by atoms with van der Waals surface area (Å²) in [7, 11) is 0. The van der Waals surface area contributed by atoms with E-state index >= 15 is 0 Å². The molecule has 2 nitrogen and oxygen atoms in total. The van der Waals surface area contributed by atoms with Gasteiger partial charge in [-0.15, -0.1) is 0 Å². The molecule has 0 saturated carbocycles. The van der Waals surface area contributed by atoms with Gasteiger partial charge in [0.1, 0.15) is 0 Å². The SMILES string of the molecule is C/C=C/CCCCCCC(=O)OCCCCC/C=C\CC. The van der Waals surface area contributed by atoms with Crippen molar-refractivity contribution in [1.29, 1.82) is 0 Å². The molecule has 0 saturated heterocycles. The summed E-state index contributed by atoms with van der Waals surface area (Å²) < 4.78 is 5.25. The summed E-state index contributed by atoms with van der Waals surface area (Å²) in [5.41, 5.74) is 0.